The zero-order valence-corrected chi connectivity index (χ0v) is 21.8. The number of likely N-dealkylation sites (tertiary alicyclic amines) is 1. The van der Waals surface area contributed by atoms with Crippen molar-refractivity contribution in [2.45, 2.75) is 50.0 Å². The summed E-state index contributed by atoms with van der Waals surface area (Å²) < 4.78 is 30.9. The largest absolute Gasteiger partial charge is 0.341 e. The van der Waals surface area contributed by atoms with Crippen molar-refractivity contribution in [2.24, 2.45) is 0 Å². The van der Waals surface area contributed by atoms with Crippen LogP contribution in [0.2, 0.25) is 0 Å². The van der Waals surface area contributed by atoms with Gasteiger partial charge in [0.1, 0.15) is 6.54 Å². The maximum absolute atomic E-state index is 13.1. The number of amides is 1. The van der Waals surface area contributed by atoms with Crippen LogP contribution in [0.4, 0.5) is 0 Å². The third-order valence-corrected chi connectivity index (χ3v) is 9.79. The third-order valence-electron chi connectivity index (χ3n) is 7.35. The van der Waals surface area contributed by atoms with Crippen LogP contribution in [0.5, 0.6) is 0 Å². The van der Waals surface area contributed by atoms with Gasteiger partial charge in [-0.2, -0.15) is 4.31 Å². The Morgan fingerprint density at radius 1 is 0.971 bits per heavy atom. The summed E-state index contributed by atoms with van der Waals surface area (Å²) >= 11 is 3.37. The lowest BCUT2D eigenvalue weighted by molar-refractivity contribution is -0.130. The highest BCUT2D eigenvalue weighted by Gasteiger charge is 2.32. The second-order valence-corrected chi connectivity index (χ2v) is 12.2. The Bertz CT molecular complexity index is 1300. The molecule has 2 aliphatic heterocycles. The minimum absolute atomic E-state index is 0.184. The van der Waals surface area contributed by atoms with E-state index in [9.17, 15) is 13.2 Å². The summed E-state index contributed by atoms with van der Waals surface area (Å²) in [6.45, 7) is 5.18. The number of nitrogens with zero attached hydrogens (tertiary/aromatic N) is 3. The summed E-state index contributed by atoms with van der Waals surface area (Å²) in [5.41, 5.74) is 3.49. The summed E-state index contributed by atoms with van der Waals surface area (Å²) in [7, 11) is -3.50. The lowest BCUT2D eigenvalue weighted by Crippen LogP contribution is -2.38. The summed E-state index contributed by atoms with van der Waals surface area (Å²) in [5.74, 6) is 0.452. The Kier molecular flexibility index (Phi) is 6.57. The van der Waals surface area contributed by atoms with Gasteiger partial charge in [-0.15, -0.1) is 0 Å². The lowest BCUT2D eigenvalue weighted by atomic mass is 9.88. The Morgan fingerprint density at radius 2 is 1.62 bits per heavy atom. The molecule has 3 heterocycles. The molecular formula is C26H30BrN3O3S. The van der Waals surface area contributed by atoms with Gasteiger partial charge >= 0.3 is 0 Å². The van der Waals surface area contributed by atoms with Crippen molar-refractivity contribution in [1.29, 1.82) is 0 Å². The van der Waals surface area contributed by atoms with Gasteiger partial charge in [0.25, 0.3) is 0 Å². The van der Waals surface area contributed by atoms with Crippen molar-refractivity contribution in [3.05, 3.63) is 64.3 Å². The van der Waals surface area contributed by atoms with Gasteiger partial charge in [0.05, 0.1) is 4.90 Å². The molecule has 0 saturated carbocycles. The zero-order valence-electron chi connectivity index (χ0n) is 19.4. The van der Waals surface area contributed by atoms with Crippen LogP contribution in [0.25, 0.3) is 10.9 Å². The van der Waals surface area contributed by atoms with E-state index < -0.39 is 10.0 Å². The quantitative estimate of drug-likeness (QED) is 0.459. The molecule has 180 valence electrons. The van der Waals surface area contributed by atoms with Gasteiger partial charge in [0.2, 0.25) is 15.9 Å². The van der Waals surface area contributed by atoms with Crippen LogP contribution in [0, 0.1) is 6.92 Å². The predicted octanol–water partition coefficient (Wildman–Crippen LogP) is 4.90. The minimum Gasteiger partial charge on any atom is -0.341 e. The molecule has 2 fully saturated rings. The first-order valence-corrected chi connectivity index (χ1v) is 14.2. The molecule has 0 unspecified atom stereocenters. The van der Waals surface area contributed by atoms with E-state index in [2.05, 4.69) is 39.6 Å². The van der Waals surface area contributed by atoms with E-state index in [0.717, 1.165) is 54.5 Å². The minimum atomic E-state index is -3.50. The molecule has 0 radical (unpaired) electrons. The van der Waals surface area contributed by atoms with Gasteiger partial charge in [-0.3, -0.25) is 4.79 Å². The molecule has 0 spiro atoms. The number of halogens is 1. The molecule has 2 saturated heterocycles. The summed E-state index contributed by atoms with van der Waals surface area (Å²) in [4.78, 5) is 15.2. The molecule has 3 aromatic rings. The van der Waals surface area contributed by atoms with Crippen LogP contribution in [0.3, 0.4) is 0 Å². The molecule has 5 rings (SSSR count). The summed E-state index contributed by atoms with van der Waals surface area (Å²) in [6.07, 6.45) is 3.71. The Hall–Kier alpha value is -2.16. The number of fused-ring (bicyclic) bond motifs is 1. The fraction of sp³-hybridized carbons (Fsp3) is 0.423. The number of carbonyl (C=O) groups excluding carboxylic acids is 1. The first-order chi connectivity index (χ1) is 16.4. The van der Waals surface area contributed by atoms with Crippen molar-refractivity contribution in [3.63, 3.8) is 0 Å². The van der Waals surface area contributed by atoms with Gasteiger partial charge in [-0.05, 0) is 74.4 Å². The van der Waals surface area contributed by atoms with E-state index in [1.54, 1.807) is 28.6 Å². The van der Waals surface area contributed by atoms with E-state index in [0.29, 0.717) is 24.5 Å². The van der Waals surface area contributed by atoms with Crippen LogP contribution in [0.15, 0.2) is 57.9 Å². The Morgan fingerprint density at radius 3 is 2.29 bits per heavy atom. The number of benzene rings is 2. The van der Waals surface area contributed by atoms with Gasteiger partial charge in [0.15, 0.2) is 0 Å². The number of rotatable bonds is 5. The standard InChI is InChI=1S/C26H30BrN3O3S/c1-19-26(20-12-16-29(17-13-20)34(32,33)22-10-8-21(27)9-11-22)23-6-2-3-7-24(23)30(19)18-25(31)28-14-4-5-15-28/h2-3,6-11,20H,4-5,12-18H2,1H3. The number of aromatic nitrogens is 1. The number of piperidine rings is 1. The SMILES string of the molecule is Cc1c(C2CCN(S(=O)(=O)c3ccc(Br)cc3)CC2)c2ccccc2n1CC(=O)N1CCCC1. The number of hydrogen-bond donors (Lipinski definition) is 0. The second kappa shape index (κ2) is 9.47. The fourth-order valence-electron chi connectivity index (χ4n) is 5.52. The first kappa shape index (κ1) is 23.6. The monoisotopic (exact) mass is 543 g/mol. The van der Waals surface area contributed by atoms with Gasteiger partial charge < -0.3 is 9.47 Å². The predicted molar refractivity (Wildman–Crippen MR) is 137 cm³/mol. The number of carbonyl (C=O) groups is 1. The molecule has 34 heavy (non-hydrogen) atoms. The van der Waals surface area contributed by atoms with Crippen molar-refractivity contribution >= 4 is 42.8 Å². The highest BCUT2D eigenvalue weighted by molar-refractivity contribution is 9.10. The molecule has 0 aliphatic carbocycles. The molecule has 1 aromatic heterocycles. The summed E-state index contributed by atoms with van der Waals surface area (Å²) in [5, 5.41) is 1.18. The normalized spacial score (nSPS) is 18.1. The van der Waals surface area contributed by atoms with Crippen molar-refractivity contribution in [1.82, 2.24) is 13.8 Å². The molecule has 8 heteroatoms. The van der Waals surface area contributed by atoms with E-state index in [-0.39, 0.29) is 11.8 Å². The maximum Gasteiger partial charge on any atom is 0.243 e. The van der Waals surface area contributed by atoms with Gasteiger partial charge in [0, 0.05) is 47.2 Å². The molecule has 6 nitrogen and oxygen atoms in total. The van der Waals surface area contributed by atoms with Crippen LogP contribution < -0.4 is 0 Å². The number of para-hydroxylation sites is 1. The molecule has 0 atom stereocenters. The van der Waals surface area contributed by atoms with E-state index in [1.165, 1.54) is 10.9 Å². The van der Waals surface area contributed by atoms with Crippen LogP contribution in [-0.2, 0) is 21.4 Å². The fourth-order valence-corrected chi connectivity index (χ4v) is 7.25. The van der Waals surface area contributed by atoms with Crippen LogP contribution in [0.1, 0.15) is 42.9 Å². The molecule has 0 N–H and O–H groups in total. The van der Waals surface area contributed by atoms with Gasteiger partial charge in [-0.1, -0.05) is 34.1 Å². The number of hydrogen-bond acceptors (Lipinski definition) is 3. The van der Waals surface area contributed by atoms with Crippen LogP contribution in [-0.4, -0.2) is 54.3 Å². The molecular weight excluding hydrogens is 514 g/mol. The Balaban J connectivity index is 1.38. The lowest BCUT2D eigenvalue weighted by Gasteiger charge is -2.31. The zero-order chi connectivity index (χ0) is 23.9. The van der Waals surface area contributed by atoms with E-state index in [1.807, 2.05) is 17.0 Å². The summed E-state index contributed by atoms with van der Waals surface area (Å²) in [6, 6.07) is 15.1. The number of sulfonamides is 1. The van der Waals surface area contributed by atoms with Gasteiger partial charge in [-0.25, -0.2) is 8.42 Å². The topological polar surface area (TPSA) is 62.6 Å². The average molecular weight is 545 g/mol. The molecule has 2 aromatic carbocycles. The maximum atomic E-state index is 13.1. The van der Waals surface area contributed by atoms with Crippen molar-refractivity contribution < 1.29 is 13.2 Å². The highest BCUT2D eigenvalue weighted by atomic mass is 79.9. The first-order valence-electron chi connectivity index (χ1n) is 12.0. The van der Waals surface area contributed by atoms with Crippen molar-refractivity contribution in [3.8, 4) is 0 Å². The molecule has 1 amide bonds. The molecule has 0 bridgehead atoms. The van der Waals surface area contributed by atoms with Crippen molar-refractivity contribution in [2.75, 3.05) is 26.2 Å². The second-order valence-electron chi connectivity index (χ2n) is 9.32. The van der Waals surface area contributed by atoms with E-state index >= 15 is 0 Å². The third kappa shape index (κ3) is 4.32. The molecule has 2 aliphatic rings. The smallest absolute Gasteiger partial charge is 0.243 e. The Labute approximate surface area is 209 Å². The van der Waals surface area contributed by atoms with E-state index in [4.69, 9.17) is 0 Å². The average Bonchev–Trinajstić information content (AvgIpc) is 3.47. The van der Waals surface area contributed by atoms with Crippen LogP contribution >= 0.6 is 15.9 Å². The highest BCUT2D eigenvalue weighted by Crippen LogP contribution is 2.38.